The molecular weight excluding hydrogens is 345 g/mol. The van der Waals surface area contributed by atoms with Crippen molar-refractivity contribution >= 4 is 35.2 Å². The minimum absolute atomic E-state index is 0.0275. The van der Waals surface area contributed by atoms with Crippen LogP contribution < -0.4 is 0 Å². The number of benzene rings is 2. The average Bonchev–Trinajstić information content (AvgIpc) is 2.60. The number of amides is 1. The molecule has 0 unspecified atom stereocenters. The summed E-state index contributed by atoms with van der Waals surface area (Å²) in [6, 6.07) is 15.1. The molecule has 3 nitrogen and oxygen atoms in total. The maximum absolute atomic E-state index is 12.4. The molecule has 24 heavy (non-hydrogen) atoms. The number of carbonyl (C=O) groups excluding carboxylic acids is 1. The Balaban J connectivity index is 1.68. The third kappa shape index (κ3) is 4.38. The largest absolute Gasteiger partial charge is 0.370 e. The van der Waals surface area contributed by atoms with E-state index in [0.717, 1.165) is 11.1 Å². The lowest BCUT2D eigenvalue weighted by Crippen LogP contribution is -2.41. The first-order valence-corrected chi connectivity index (χ1v) is 8.47. The summed E-state index contributed by atoms with van der Waals surface area (Å²) < 4.78 is 5.78. The molecule has 1 aliphatic heterocycles. The molecule has 0 saturated carbocycles. The predicted octanol–water partition coefficient (Wildman–Crippen LogP) is 4.61. The molecule has 5 heteroatoms. The van der Waals surface area contributed by atoms with Crippen LogP contribution in [0, 0.1) is 0 Å². The molecule has 1 saturated heterocycles. The highest BCUT2D eigenvalue weighted by Gasteiger charge is 2.24. The third-order valence-corrected chi connectivity index (χ3v) is 4.29. The van der Waals surface area contributed by atoms with E-state index in [0.29, 0.717) is 29.7 Å². The number of ether oxygens (including phenoxy) is 1. The number of morpholine rings is 1. The molecule has 0 aromatic heterocycles. The number of carbonyl (C=O) groups is 1. The van der Waals surface area contributed by atoms with E-state index < -0.39 is 0 Å². The SMILES string of the molecule is O=C(/C=C/c1ccccc1)N1CCO[C@@H](c2cc(Cl)cc(Cl)c2)C1. The Morgan fingerprint density at radius 2 is 1.83 bits per heavy atom. The summed E-state index contributed by atoms with van der Waals surface area (Å²) in [6.45, 7) is 1.54. The van der Waals surface area contributed by atoms with Gasteiger partial charge in [-0.1, -0.05) is 53.5 Å². The minimum Gasteiger partial charge on any atom is -0.370 e. The van der Waals surface area contributed by atoms with E-state index in [1.807, 2.05) is 48.5 Å². The van der Waals surface area contributed by atoms with Gasteiger partial charge in [0.05, 0.1) is 13.2 Å². The molecule has 1 aliphatic rings. The van der Waals surface area contributed by atoms with Gasteiger partial charge in [0, 0.05) is 22.7 Å². The van der Waals surface area contributed by atoms with Crippen LogP contribution in [-0.4, -0.2) is 30.5 Å². The first-order chi connectivity index (χ1) is 11.6. The number of halogens is 2. The summed E-state index contributed by atoms with van der Waals surface area (Å²) >= 11 is 12.1. The summed E-state index contributed by atoms with van der Waals surface area (Å²) in [4.78, 5) is 14.2. The Bertz CT molecular complexity index is 726. The molecule has 0 bridgehead atoms. The molecule has 1 fully saturated rings. The maximum atomic E-state index is 12.4. The van der Waals surface area contributed by atoms with Gasteiger partial charge in [-0.05, 0) is 35.4 Å². The molecule has 3 rings (SSSR count). The van der Waals surface area contributed by atoms with Gasteiger partial charge in [0.25, 0.3) is 0 Å². The minimum atomic E-state index is -0.218. The predicted molar refractivity (Wildman–Crippen MR) is 97.2 cm³/mol. The Hall–Kier alpha value is -1.81. The molecule has 0 aliphatic carbocycles. The second kappa shape index (κ2) is 7.84. The van der Waals surface area contributed by atoms with Gasteiger partial charge in [0.1, 0.15) is 6.10 Å². The van der Waals surface area contributed by atoms with Crippen molar-refractivity contribution in [3.05, 3.63) is 75.8 Å². The molecule has 2 aromatic rings. The van der Waals surface area contributed by atoms with Crippen molar-refractivity contribution in [3.8, 4) is 0 Å². The van der Waals surface area contributed by atoms with E-state index in [1.54, 1.807) is 17.0 Å². The Kier molecular flexibility index (Phi) is 5.56. The van der Waals surface area contributed by atoms with E-state index in [4.69, 9.17) is 27.9 Å². The van der Waals surface area contributed by atoms with Crippen LogP contribution in [0.2, 0.25) is 10.0 Å². The lowest BCUT2D eigenvalue weighted by Gasteiger charge is -2.32. The van der Waals surface area contributed by atoms with Crippen LogP contribution >= 0.6 is 23.2 Å². The summed E-state index contributed by atoms with van der Waals surface area (Å²) in [5.41, 5.74) is 1.88. The van der Waals surface area contributed by atoms with E-state index in [9.17, 15) is 4.79 Å². The standard InChI is InChI=1S/C19H17Cl2NO2/c20-16-10-15(11-17(21)12-16)18-13-22(8-9-24-18)19(23)7-6-14-4-2-1-3-5-14/h1-7,10-12,18H,8-9,13H2/b7-6+/t18-/m1/s1. The van der Waals surface area contributed by atoms with Gasteiger partial charge in [-0.2, -0.15) is 0 Å². The topological polar surface area (TPSA) is 29.5 Å². The van der Waals surface area contributed by atoms with Gasteiger partial charge in [-0.3, -0.25) is 4.79 Å². The molecule has 1 atom stereocenters. The highest BCUT2D eigenvalue weighted by Crippen LogP contribution is 2.28. The zero-order valence-electron chi connectivity index (χ0n) is 13.0. The van der Waals surface area contributed by atoms with Crippen molar-refractivity contribution in [2.75, 3.05) is 19.7 Å². The molecular formula is C19H17Cl2NO2. The number of nitrogens with zero attached hydrogens (tertiary/aromatic N) is 1. The van der Waals surface area contributed by atoms with Crippen LogP contribution in [0.5, 0.6) is 0 Å². The molecule has 0 N–H and O–H groups in total. The fraction of sp³-hybridized carbons (Fsp3) is 0.211. The summed E-state index contributed by atoms with van der Waals surface area (Å²) in [5, 5.41) is 1.13. The second-order valence-electron chi connectivity index (χ2n) is 5.59. The maximum Gasteiger partial charge on any atom is 0.246 e. The van der Waals surface area contributed by atoms with E-state index in [2.05, 4.69) is 0 Å². The molecule has 1 amide bonds. The summed E-state index contributed by atoms with van der Waals surface area (Å²) in [7, 11) is 0. The number of hydrogen-bond acceptors (Lipinski definition) is 2. The molecule has 124 valence electrons. The van der Waals surface area contributed by atoms with Gasteiger partial charge >= 0.3 is 0 Å². The van der Waals surface area contributed by atoms with Crippen molar-refractivity contribution in [2.45, 2.75) is 6.10 Å². The Morgan fingerprint density at radius 1 is 1.12 bits per heavy atom. The van der Waals surface area contributed by atoms with E-state index in [1.165, 1.54) is 0 Å². The van der Waals surface area contributed by atoms with Crippen LogP contribution in [0.25, 0.3) is 6.08 Å². The number of rotatable bonds is 3. The third-order valence-electron chi connectivity index (χ3n) is 3.85. The fourth-order valence-electron chi connectivity index (χ4n) is 2.65. The monoisotopic (exact) mass is 361 g/mol. The van der Waals surface area contributed by atoms with Crippen molar-refractivity contribution in [2.24, 2.45) is 0 Å². The van der Waals surface area contributed by atoms with Gasteiger partial charge < -0.3 is 9.64 Å². The van der Waals surface area contributed by atoms with Crippen molar-refractivity contribution in [1.82, 2.24) is 4.90 Å². The van der Waals surface area contributed by atoms with Crippen molar-refractivity contribution in [3.63, 3.8) is 0 Å². The highest BCUT2D eigenvalue weighted by atomic mass is 35.5. The van der Waals surface area contributed by atoms with Crippen LogP contribution in [0.4, 0.5) is 0 Å². The quantitative estimate of drug-likeness (QED) is 0.747. The fourth-order valence-corrected chi connectivity index (χ4v) is 3.19. The first-order valence-electron chi connectivity index (χ1n) is 7.71. The van der Waals surface area contributed by atoms with Crippen LogP contribution in [0.3, 0.4) is 0 Å². The normalized spacial score (nSPS) is 18.1. The summed E-state index contributed by atoms with van der Waals surface area (Å²) in [5.74, 6) is -0.0275. The molecule has 2 aromatic carbocycles. The smallest absolute Gasteiger partial charge is 0.246 e. The second-order valence-corrected chi connectivity index (χ2v) is 6.46. The lowest BCUT2D eigenvalue weighted by atomic mass is 10.1. The van der Waals surface area contributed by atoms with Gasteiger partial charge in [-0.15, -0.1) is 0 Å². The van der Waals surface area contributed by atoms with Crippen LogP contribution in [-0.2, 0) is 9.53 Å². The van der Waals surface area contributed by atoms with Crippen molar-refractivity contribution in [1.29, 1.82) is 0 Å². The van der Waals surface area contributed by atoms with Crippen molar-refractivity contribution < 1.29 is 9.53 Å². The Morgan fingerprint density at radius 3 is 2.54 bits per heavy atom. The zero-order valence-corrected chi connectivity index (χ0v) is 14.5. The number of hydrogen-bond donors (Lipinski definition) is 0. The van der Waals surface area contributed by atoms with E-state index >= 15 is 0 Å². The molecule has 0 radical (unpaired) electrons. The van der Waals surface area contributed by atoms with Crippen LogP contribution in [0.1, 0.15) is 17.2 Å². The molecule has 1 heterocycles. The highest BCUT2D eigenvalue weighted by molar-refractivity contribution is 6.34. The van der Waals surface area contributed by atoms with Crippen LogP contribution in [0.15, 0.2) is 54.6 Å². The zero-order chi connectivity index (χ0) is 16.9. The average molecular weight is 362 g/mol. The lowest BCUT2D eigenvalue weighted by molar-refractivity contribution is -0.133. The summed E-state index contributed by atoms with van der Waals surface area (Å²) in [6.07, 6.45) is 3.20. The Labute approximate surface area is 151 Å². The molecule has 0 spiro atoms. The van der Waals surface area contributed by atoms with Gasteiger partial charge in [0.2, 0.25) is 5.91 Å². The van der Waals surface area contributed by atoms with Gasteiger partial charge in [-0.25, -0.2) is 0 Å². The van der Waals surface area contributed by atoms with Gasteiger partial charge in [0.15, 0.2) is 0 Å². The van der Waals surface area contributed by atoms with E-state index in [-0.39, 0.29) is 12.0 Å². The first kappa shape index (κ1) is 17.0.